The molecule has 0 aromatic heterocycles. The van der Waals surface area contributed by atoms with Gasteiger partial charge in [-0.15, -0.1) is 0 Å². The summed E-state index contributed by atoms with van der Waals surface area (Å²) in [5.41, 5.74) is 9.45. The molecule has 0 saturated carbocycles. The first-order chi connectivity index (χ1) is 31.6. The van der Waals surface area contributed by atoms with Crippen molar-refractivity contribution in [3.05, 3.63) is 129 Å². The van der Waals surface area contributed by atoms with Crippen molar-refractivity contribution in [2.24, 2.45) is 0 Å². The number of methoxy groups -OCH3 is 9. The van der Waals surface area contributed by atoms with E-state index in [1.165, 1.54) is 6.08 Å². The maximum atomic E-state index is 11.9. The molecule has 1 N–H and O–H groups in total. The van der Waals surface area contributed by atoms with Gasteiger partial charge < -0.3 is 52.7 Å². The summed E-state index contributed by atoms with van der Waals surface area (Å²) in [5, 5.41) is 2.80. The Morgan fingerprint density at radius 2 is 0.662 bits per heavy atom. The first kappa shape index (κ1) is 47.8. The van der Waals surface area contributed by atoms with Gasteiger partial charge in [-0.2, -0.15) is 0 Å². The lowest BCUT2D eigenvalue weighted by Gasteiger charge is -2.20. The lowest BCUT2D eigenvalue weighted by Crippen LogP contribution is -2.26. The van der Waals surface area contributed by atoms with Gasteiger partial charge in [0, 0.05) is 70.2 Å². The van der Waals surface area contributed by atoms with E-state index in [4.69, 9.17) is 47.4 Å². The maximum absolute atomic E-state index is 11.9. The average Bonchev–Trinajstić information content (AvgIpc) is 3.33. The Bertz CT molecular complexity index is 2460. The number of carbonyl (C=O) groups excluding carboxylic acids is 1. The first-order valence-electron chi connectivity index (χ1n) is 21.8. The molecule has 12 nitrogen and oxygen atoms in total. The summed E-state index contributed by atoms with van der Waals surface area (Å²) in [5.74, 6) is 7.01. The molecule has 16 rings (SSSR count). The van der Waals surface area contributed by atoms with Crippen molar-refractivity contribution in [3.63, 3.8) is 0 Å². The molecule has 12 heteroatoms. The van der Waals surface area contributed by atoms with E-state index in [-0.39, 0.29) is 12.5 Å². The number of rotatable bonds is 14. The van der Waals surface area contributed by atoms with Crippen molar-refractivity contribution in [3.8, 4) is 57.5 Å². The largest absolute Gasteiger partial charge is 0.496 e. The highest BCUT2D eigenvalue weighted by molar-refractivity contribution is 5.86. The number of benzene rings is 5. The zero-order valence-electron chi connectivity index (χ0n) is 39.3. The van der Waals surface area contributed by atoms with Gasteiger partial charge in [0.1, 0.15) is 64.1 Å². The van der Waals surface area contributed by atoms with E-state index in [0.29, 0.717) is 61.0 Å². The number of hydrogen-bond donors (Lipinski definition) is 1. The molecule has 0 spiro atoms. The normalized spacial score (nSPS) is 12.7. The van der Waals surface area contributed by atoms with Gasteiger partial charge in [0.05, 0.1) is 70.5 Å². The molecule has 0 radical (unpaired) electrons. The van der Waals surface area contributed by atoms with Crippen LogP contribution in [0, 0.1) is 0 Å². The quantitative estimate of drug-likeness (QED) is 0.0850. The van der Waals surface area contributed by atoms with Crippen LogP contribution < -0.4 is 52.7 Å². The van der Waals surface area contributed by atoms with Crippen molar-refractivity contribution in [2.45, 2.75) is 57.8 Å². The molecule has 10 bridgehead atoms. The van der Waals surface area contributed by atoms with Crippen LogP contribution in [0.3, 0.4) is 0 Å². The van der Waals surface area contributed by atoms with Crippen LogP contribution in [-0.2, 0) is 43.3 Å². The average molecular weight is 890 g/mol. The Morgan fingerprint density at radius 3 is 0.938 bits per heavy atom. The van der Waals surface area contributed by atoms with Gasteiger partial charge >= 0.3 is 0 Å². The van der Waals surface area contributed by atoms with Gasteiger partial charge in [-0.3, -0.25) is 4.79 Å². The van der Waals surface area contributed by atoms with Crippen molar-refractivity contribution < 1.29 is 52.2 Å². The van der Waals surface area contributed by atoms with E-state index in [2.05, 4.69) is 30.1 Å². The molecular weight excluding hydrogens is 827 g/mol. The fourth-order valence-corrected chi connectivity index (χ4v) is 8.60. The summed E-state index contributed by atoms with van der Waals surface area (Å²) in [7, 11) is 15.1. The fourth-order valence-electron chi connectivity index (χ4n) is 8.60. The number of carbonyl (C=O) groups is 1. The minimum atomic E-state index is -0.259. The van der Waals surface area contributed by atoms with E-state index in [9.17, 15) is 4.79 Å². The maximum Gasteiger partial charge on any atom is 0.243 e. The predicted molar refractivity (Wildman–Crippen MR) is 252 cm³/mol. The smallest absolute Gasteiger partial charge is 0.243 e. The van der Waals surface area contributed by atoms with Crippen LogP contribution in [0.15, 0.2) is 73.3 Å². The topological polar surface area (TPSA) is 121 Å². The van der Waals surface area contributed by atoms with Crippen LogP contribution in [0.2, 0.25) is 0 Å². The van der Waals surface area contributed by atoms with Crippen LogP contribution in [0.5, 0.6) is 57.5 Å². The molecule has 346 valence electrons. The van der Waals surface area contributed by atoms with Gasteiger partial charge in [0.15, 0.2) is 0 Å². The van der Waals surface area contributed by atoms with Crippen molar-refractivity contribution in [2.75, 3.05) is 77.1 Å². The Labute approximate surface area is 383 Å². The van der Waals surface area contributed by atoms with Crippen LogP contribution in [0.1, 0.15) is 74.9 Å². The van der Waals surface area contributed by atoms with E-state index in [1.807, 2.05) is 42.5 Å². The molecule has 0 aliphatic heterocycles. The Morgan fingerprint density at radius 1 is 0.415 bits per heavy atom. The SMILES string of the molecule is C=CC(=O)NCCOc1cc2c(OC)cc1Cc1cc(OC)c(cc1OC)Cc1cc(OC)c(cc1OC)Cc1cc(OC)c(cc1OC)Cc1cc(OC)c(cc1OC)CCCCC2. The second-order valence-electron chi connectivity index (χ2n) is 15.8. The van der Waals surface area contributed by atoms with Crippen molar-refractivity contribution in [1.29, 1.82) is 0 Å². The molecule has 11 aliphatic rings. The zero-order chi connectivity index (χ0) is 46.5. The number of amides is 1. The minimum absolute atomic E-state index is 0.259. The number of hydrogen-bond acceptors (Lipinski definition) is 11. The van der Waals surface area contributed by atoms with E-state index in [0.717, 1.165) is 116 Å². The first-order valence-corrected chi connectivity index (χ1v) is 21.8. The summed E-state index contributed by atoms with van der Waals surface area (Å²) in [6.45, 7) is 4.13. The second-order valence-corrected chi connectivity index (χ2v) is 15.8. The molecule has 0 atom stereocenters. The van der Waals surface area contributed by atoms with E-state index in [1.54, 1.807) is 64.0 Å². The highest BCUT2D eigenvalue weighted by Crippen LogP contribution is 2.41. The summed E-state index contributed by atoms with van der Waals surface area (Å²) in [4.78, 5) is 11.9. The van der Waals surface area contributed by atoms with E-state index >= 15 is 0 Å². The molecule has 11 aliphatic carbocycles. The summed E-state index contributed by atoms with van der Waals surface area (Å²) in [6, 6.07) is 20.4. The van der Waals surface area contributed by atoms with Crippen LogP contribution in [0.4, 0.5) is 0 Å². The molecular formula is C53H63NO11. The third kappa shape index (κ3) is 11.3. The monoisotopic (exact) mass is 889 g/mol. The number of nitrogens with one attached hydrogen (secondary N) is 1. The highest BCUT2D eigenvalue weighted by atomic mass is 16.5. The van der Waals surface area contributed by atoms with Gasteiger partial charge in [-0.05, 0) is 104 Å². The van der Waals surface area contributed by atoms with E-state index < -0.39 is 0 Å². The summed E-state index contributed by atoms with van der Waals surface area (Å²) in [6.07, 6.45) is 7.59. The summed E-state index contributed by atoms with van der Waals surface area (Å²) >= 11 is 0. The molecule has 0 fully saturated rings. The van der Waals surface area contributed by atoms with Crippen LogP contribution >= 0.6 is 0 Å². The van der Waals surface area contributed by atoms with Gasteiger partial charge in [0.25, 0.3) is 0 Å². The van der Waals surface area contributed by atoms with Gasteiger partial charge in [0.2, 0.25) is 5.91 Å². The lowest BCUT2D eigenvalue weighted by molar-refractivity contribution is -0.116. The lowest BCUT2D eigenvalue weighted by atomic mass is 9.94. The standard InChI is InChI=1S/C53H63NO11/c1-11-53(55)54-17-18-65-52-24-34-16-14-12-13-15-33-23-45(58-4)35(25-43(33)56-2)19-36-26-47(60-6)37(27-46(36)59-5)20-38-28-49(62-8)39(29-48(38)61-7)21-40-30-51(64-10)41(31-50(40)63-9)22-42(52)32-44(34)57-3/h11,23-32H,1,12-22H2,2-10H3,(H,54,55). The molecule has 0 unspecified atom stereocenters. The Kier molecular flexibility index (Phi) is 16.7. The minimum Gasteiger partial charge on any atom is -0.496 e. The van der Waals surface area contributed by atoms with Gasteiger partial charge in [-0.1, -0.05) is 13.0 Å². The Hall–Kier alpha value is -6.69. The third-order valence-electron chi connectivity index (χ3n) is 12.0. The number of ether oxygens (including phenoxy) is 10. The molecule has 0 saturated heterocycles. The molecule has 5 aromatic rings. The van der Waals surface area contributed by atoms with Crippen molar-refractivity contribution >= 4 is 5.91 Å². The molecule has 65 heavy (non-hydrogen) atoms. The summed E-state index contributed by atoms with van der Waals surface area (Å²) < 4.78 is 60.6. The molecule has 5 aromatic carbocycles. The molecule has 0 heterocycles. The Balaban J connectivity index is 1.47. The van der Waals surface area contributed by atoms with Gasteiger partial charge in [-0.25, -0.2) is 0 Å². The molecule has 1 amide bonds. The zero-order valence-corrected chi connectivity index (χ0v) is 39.3. The fraction of sp³-hybridized carbons (Fsp3) is 0.377. The predicted octanol–water partition coefficient (Wildman–Crippen LogP) is 9.08. The highest BCUT2D eigenvalue weighted by Gasteiger charge is 2.22. The second kappa shape index (κ2) is 22.8. The van der Waals surface area contributed by atoms with Crippen molar-refractivity contribution in [1.82, 2.24) is 5.32 Å². The number of aryl methyl sites for hydroxylation is 2. The number of fused-ring (bicyclic) bond motifs is 1. The van der Waals surface area contributed by atoms with Crippen LogP contribution in [-0.4, -0.2) is 83.0 Å². The van der Waals surface area contributed by atoms with Crippen LogP contribution in [0.25, 0.3) is 0 Å². The third-order valence-corrected chi connectivity index (χ3v) is 12.0.